The number of nitrogens with one attached hydrogen (secondary N) is 2. The molecule has 0 amide bonds. The summed E-state index contributed by atoms with van der Waals surface area (Å²) in [6.45, 7) is 0.257. The second-order valence-electron chi connectivity index (χ2n) is 5.79. The molecule has 0 spiro atoms. The minimum atomic E-state index is -0.237. The van der Waals surface area contributed by atoms with Crippen LogP contribution in [0.15, 0.2) is 18.2 Å². The fraction of sp³-hybridized carbons (Fsp3) is 0.562. The number of anilines is 1. The first kappa shape index (κ1) is 18.4. The number of hydrazine groups is 1. The van der Waals surface area contributed by atoms with Crippen LogP contribution in [0.2, 0.25) is 0 Å². The van der Waals surface area contributed by atoms with Crippen molar-refractivity contribution in [3.8, 4) is 0 Å². The number of halogens is 2. The van der Waals surface area contributed by atoms with Gasteiger partial charge < -0.3 is 15.1 Å². The molecule has 2 rings (SSSR count). The number of ether oxygens (including phenoxy) is 1. The summed E-state index contributed by atoms with van der Waals surface area (Å²) in [7, 11) is 3.23. The Morgan fingerprint density at radius 1 is 1.35 bits per heavy atom. The fourth-order valence-corrected chi connectivity index (χ4v) is 3.28. The van der Waals surface area contributed by atoms with Gasteiger partial charge in [-0.15, -0.1) is 0 Å². The smallest absolute Gasteiger partial charge is 0.319 e. The number of esters is 1. The molecule has 1 saturated carbocycles. The lowest BCUT2D eigenvalue weighted by Crippen LogP contribution is -2.47. The van der Waals surface area contributed by atoms with Gasteiger partial charge in [-0.05, 0) is 66.5 Å². The highest BCUT2D eigenvalue weighted by Gasteiger charge is 2.22. The lowest BCUT2D eigenvalue weighted by Gasteiger charge is -2.33. The maximum Gasteiger partial charge on any atom is 0.319 e. The molecule has 7 heteroatoms. The summed E-state index contributed by atoms with van der Waals surface area (Å²) in [5.41, 5.74) is 3.92. The van der Waals surface area contributed by atoms with Crippen molar-refractivity contribution in [2.75, 3.05) is 25.7 Å². The van der Waals surface area contributed by atoms with E-state index in [1.54, 1.807) is 11.1 Å². The Balaban J connectivity index is 1.78. The molecule has 0 atom stereocenters. The van der Waals surface area contributed by atoms with Crippen LogP contribution in [-0.2, 0) is 9.53 Å². The molecule has 0 aliphatic heterocycles. The molecule has 0 heterocycles. The highest BCUT2D eigenvalue weighted by atomic mass is 127. The topological polar surface area (TPSA) is 53.6 Å². The van der Waals surface area contributed by atoms with E-state index in [4.69, 9.17) is 0 Å². The van der Waals surface area contributed by atoms with Crippen LogP contribution in [0.3, 0.4) is 0 Å². The van der Waals surface area contributed by atoms with Gasteiger partial charge in [0.15, 0.2) is 0 Å². The van der Waals surface area contributed by atoms with E-state index in [-0.39, 0.29) is 18.3 Å². The summed E-state index contributed by atoms with van der Waals surface area (Å²) < 4.78 is 19.5. The fourth-order valence-electron chi connectivity index (χ4n) is 2.82. The predicted octanol–water partition coefficient (Wildman–Crippen LogP) is 2.44. The summed E-state index contributed by atoms with van der Waals surface area (Å²) >= 11 is 2.10. The van der Waals surface area contributed by atoms with Crippen LogP contribution >= 0.6 is 22.6 Å². The molecule has 0 radical (unpaired) electrons. The number of methoxy groups -OCH3 is 1. The van der Waals surface area contributed by atoms with E-state index in [9.17, 15) is 9.18 Å². The molecule has 1 fully saturated rings. The number of carbonyl (C=O) groups excluding carboxylic acids is 1. The molecular formula is C16H23FIN3O2. The van der Waals surface area contributed by atoms with Gasteiger partial charge in [-0.1, -0.05) is 0 Å². The molecule has 128 valence electrons. The molecule has 5 nitrogen and oxygen atoms in total. The van der Waals surface area contributed by atoms with Crippen molar-refractivity contribution in [3.05, 3.63) is 27.6 Å². The largest absolute Gasteiger partial charge is 0.468 e. The Kier molecular flexibility index (Phi) is 7.04. The van der Waals surface area contributed by atoms with Gasteiger partial charge >= 0.3 is 5.97 Å². The van der Waals surface area contributed by atoms with Gasteiger partial charge in [0, 0.05) is 22.7 Å². The minimum absolute atomic E-state index is 0.222. The van der Waals surface area contributed by atoms with Gasteiger partial charge in [0.05, 0.1) is 19.3 Å². The molecule has 0 bridgehead atoms. The Bertz CT molecular complexity index is 536. The minimum Gasteiger partial charge on any atom is -0.468 e. The van der Waals surface area contributed by atoms with Crippen LogP contribution in [0.4, 0.5) is 10.1 Å². The third-order valence-corrected chi connectivity index (χ3v) is 4.81. The number of nitrogens with zero attached hydrogens (tertiary/aromatic N) is 1. The van der Waals surface area contributed by atoms with Crippen molar-refractivity contribution in [1.29, 1.82) is 0 Å². The molecule has 1 aliphatic carbocycles. The Morgan fingerprint density at radius 2 is 2.00 bits per heavy atom. The van der Waals surface area contributed by atoms with Crippen molar-refractivity contribution >= 4 is 34.2 Å². The van der Waals surface area contributed by atoms with E-state index >= 15 is 0 Å². The van der Waals surface area contributed by atoms with Crippen LogP contribution in [-0.4, -0.2) is 38.8 Å². The van der Waals surface area contributed by atoms with Gasteiger partial charge in [0.1, 0.15) is 5.82 Å². The summed E-state index contributed by atoms with van der Waals surface area (Å²) in [6.07, 6.45) is 3.93. The average molecular weight is 435 g/mol. The third kappa shape index (κ3) is 5.58. The highest BCUT2D eigenvalue weighted by Crippen LogP contribution is 2.22. The first-order valence-corrected chi connectivity index (χ1v) is 8.82. The summed E-state index contributed by atoms with van der Waals surface area (Å²) in [5, 5.41) is 4.98. The van der Waals surface area contributed by atoms with Crippen LogP contribution in [0, 0.1) is 9.39 Å². The van der Waals surface area contributed by atoms with Gasteiger partial charge in [-0.3, -0.25) is 4.79 Å². The standard InChI is InChI=1S/C16H23FIN3O2/c1-21(15-8-3-11(18)9-14(15)17)20-13-6-4-12(5-7-13)19-10-16(22)23-2/h3,8-9,12-13,19-20H,4-7,10H2,1-2H3. The van der Waals surface area contributed by atoms with Crippen LogP contribution in [0.25, 0.3) is 0 Å². The van der Waals surface area contributed by atoms with Gasteiger partial charge in [-0.2, -0.15) is 0 Å². The Morgan fingerprint density at radius 3 is 2.61 bits per heavy atom. The number of benzene rings is 1. The van der Waals surface area contributed by atoms with E-state index < -0.39 is 0 Å². The van der Waals surface area contributed by atoms with E-state index in [0.29, 0.717) is 17.8 Å². The van der Waals surface area contributed by atoms with E-state index in [0.717, 1.165) is 29.3 Å². The molecular weight excluding hydrogens is 412 g/mol. The molecule has 0 unspecified atom stereocenters. The second-order valence-corrected chi connectivity index (χ2v) is 7.04. The van der Waals surface area contributed by atoms with E-state index in [1.807, 2.05) is 13.1 Å². The summed E-state index contributed by atoms with van der Waals surface area (Å²) in [6, 6.07) is 5.86. The zero-order valence-electron chi connectivity index (χ0n) is 13.4. The van der Waals surface area contributed by atoms with Crippen molar-refractivity contribution in [2.45, 2.75) is 37.8 Å². The number of carbonyl (C=O) groups is 1. The van der Waals surface area contributed by atoms with Crippen LogP contribution in [0.1, 0.15) is 25.7 Å². The molecule has 0 aromatic heterocycles. The van der Waals surface area contributed by atoms with Crippen molar-refractivity contribution in [1.82, 2.24) is 10.7 Å². The monoisotopic (exact) mass is 435 g/mol. The van der Waals surface area contributed by atoms with Crippen LogP contribution in [0.5, 0.6) is 0 Å². The first-order chi connectivity index (χ1) is 11.0. The maximum atomic E-state index is 14.0. The van der Waals surface area contributed by atoms with Crippen molar-refractivity contribution < 1.29 is 13.9 Å². The highest BCUT2D eigenvalue weighted by molar-refractivity contribution is 14.1. The zero-order valence-corrected chi connectivity index (χ0v) is 15.6. The maximum absolute atomic E-state index is 14.0. The average Bonchev–Trinajstić information content (AvgIpc) is 2.53. The lowest BCUT2D eigenvalue weighted by molar-refractivity contribution is -0.139. The number of hydrogen-bond acceptors (Lipinski definition) is 5. The SMILES string of the molecule is COC(=O)CNC1CCC(NN(C)c2ccc(I)cc2F)CC1. The third-order valence-electron chi connectivity index (χ3n) is 4.14. The lowest BCUT2D eigenvalue weighted by atomic mass is 9.91. The Labute approximate surface area is 150 Å². The summed E-state index contributed by atoms with van der Waals surface area (Å²) in [5.74, 6) is -0.459. The second kappa shape index (κ2) is 8.79. The first-order valence-electron chi connectivity index (χ1n) is 7.74. The molecule has 1 aromatic carbocycles. The quantitative estimate of drug-likeness (QED) is 0.409. The van der Waals surface area contributed by atoms with Gasteiger partial charge in [-0.25, -0.2) is 9.82 Å². The zero-order chi connectivity index (χ0) is 16.8. The van der Waals surface area contributed by atoms with Gasteiger partial charge in [0.25, 0.3) is 0 Å². The van der Waals surface area contributed by atoms with Crippen LogP contribution < -0.4 is 15.8 Å². The molecule has 23 heavy (non-hydrogen) atoms. The van der Waals surface area contributed by atoms with E-state index in [1.165, 1.54) is 13.2 Å². The number of rotatable bonds is 6. The normalized spacial score (nSPS) is 21.0. The van der Waals surface area contributed by atoms with Gasteiger partial charge in [0.2, 0.25) is 0 Å². The van der Waals surface area contributed by atoms with E-state index in [2.05, 4.69) is 38.1 Å². The Hall–Kier alpha value is -0.930. The molecule has 2 N–H and O–H groups in total. The molecule has 1 aromatic rings. The number of hydrogen-bond donors (Lipinski definition) is 2. The predicted molar refractivity (Wildman–Crippen MR) is 96.7 cm³/mol. The van der Waals surface area contributed by atoms with Crippen molar-refractivity contribution in [3.63, 3.8) is 0 Å². The molecule has 1 aliphatic rings. The molecule has 0 saturated heterocycles. The van der Waals surface area contributed by atoms with Crippen molar-refractivity contribution in [2.24, 2.45) is 0 Å². The summed E-state index contributed by atoms with van der Waals surface area (Å²) in [4.78, 5) is 11.1.